The lowest BCUT2D eigenvalue weighted by atomic mass is 10.1. The number of nitrogens with one attached hydrogen (secondary N) is 1. The molecule has 5 nitrogen and oxygen atoms in total. The molecule has 0 atom stereocenters. The van der Waals surface area contributed by atoms with Gasteiger partial charge in [-0.25, -0.2) is 4.98 Å². The van der Waals surface area contributed by atoms with Crippen molar-refractivity contribution in [1.29, 1.82) is 0 Å². The number of unbranched alkanes of at least 4 members (excludes halogenated alkanes) is 1. The maximum absolute atomic E-state index is 12.1. The first kappa shape index (κ1) is 16.9. The van der Waals surface area contributed by atoms with Crippen LogP contribution in [0, 0.1) is 13.8 Å². The summed E-state index contributed by atoms with van der Waals surface area (Å²) in [7, 11) is 0. The Balaban J connectivity index is 2.02. The second kappa shape index (κ2) is 7.72. The van der Waals surface area contributed by atoms with Gasteiger partial charge in [0.2, 0.25) is 5.91 Å². The largest absolute Gasteiger partial charge is 0.325 e. The monoisotopic (exact) mass is 313 g/mol. The number of benzene rings is 1. The van der Waals surface area contributed by atoms with E-state index in [0.717, 1.165) is 36.2 Å². The van der Waals surface area contributed by atoms with E-state index in [2.05, 4.69) is 17.2 Å². The predicted molar refractivity (Wildman–Crippen MR) is 91.7 cm³/mol. The standard InChI is InChI=1S/C18H23N3O2/c1-4-5-6-15-10-18(23)21(12-19-15)11-17(22)20-16-8-7-13(2)14(3)9-16/h7-10,12H,4-6,11H2,1-3H3,(H,20,22). The van der Waals surface area contributed by atoms with Crippen molar-refractivity contribution in [2.24, 2.45) is 0 Å². The second-order valence-corrected chi connectivity index (χ2v) is 5.80. The third-order valence-corrected chi connectivity index (χ3v) is 3.83. The van der Waals surface area contributed by atoms with E-state index in [9.17, 15) is 9.59 Å². The van der Waals surface area contributed by atoms with Gasteiger partial charge in [-0.2, -0.15) is 0 Å². The topological polar surface area (TPSA) is 64.0 Å². The molecule has 1 heterocycles. The molecule has 1 N–H and O–H groups in total. The van der Waals surface area contributed by atoms with E-state index in [0.29, 0.717) is 0 Å². The van der Waals surface area contributed by atoms with Crippen LogP contribution in [0.25, 0.3) is 0 Å². The van der Waals surface area contributed by atoms with Gasteiger partial charge in [-0.15, -0.1) is 0 Å². The highest BCUT2D eigenvalue weighted by molar-refractivity contribution is 5.90. The number of carbonyl (C=O) groups is 1. The molecule has 0 spiro atoms. The Morgan fingerprint density at radius 3 is 2.65 bits per heavy atom. The Hall–Kier alpha value is -2.43. The summed E-state index contributed by atoms with van der Waals surface area (Å²) in [5.41, 5.74) is 3.61. The summed E-state index contributed by atoms with van der Waals surface area (Å²) in [5.74, 6) is -0.238. The molecule has 0 saturated heterocycles. The fourth-order valence-corrected chi connectivity index (χ4v) is 2.25. The SMILES string of the molecule is CCCCc1cc(=O)n(CC(=O)Nc2ccc(C)c(C)c2)cn1. The summed E-state index contributed by atoms with van der Waals surface area (Å²) in [4.78, 5) is 28.4. The van der Waals surface area contributed by atoms with Crippen LogP contribution >= 0.6 is 0 Å². The number of nitrogens with zero attached hydrogens (tertiary/aromatic N) is 2. The van der Waals surface area contributed by atoms with E-state index in [4.69, 9.17) is 0 Å². The van der Waals surface area contributed by atoms with E-state index in [-0.39, 0.29) is 18.0 Å². The van der Waals surface area contributed by atoms with Crippen LogP contribution in [-0.4, -0.2) is 15.5 Å². The van der Waals surface area contributed by atoms with Crippen molar-refractivity contribution in [3.63, 3.8) is 0 Å². The van der Waals surface area contributed by atoms with Crippen LogP contribution in [0.1, 0.15) is 36.6 Å². The third kappa shape index (κ3) is 4.77. The molecule has 1 aromatic carbocycles. The maximum Gasteiger partial charge on any atom is 0.253 e. The fraction of sp³-hybridized carbons (Fsp3) is 0.389. The van der Waals surface area contributed by atoms with Gasteiger partial charge >= 0.3 is 0 Å². The van der Waals surface area contributed by atoms with Crippen LogP contribution in [0.3, 0.4) is 0 Å². The molecule has 5 heteroatoms. The summed E-state index contributed by atoms with van der Waals surface area (Å²) in [6.07, 6.45) is 4.31. The lowest BCUT2D eigenvalue weighted by Crippen LogP contribution is -2.27. The number of rotatable bonds is 6. The molecule has 0 bridgehead atoms. The van der Waals surface area contributed by atoms with Crippen molar-refractivity contribution in [3.8, 4) is 0 Å². The minimum Gasteiger partial charge on any atom is -0.325 e. The summed E-state index contributed by atoms with van der Waals surface area (Å²) in [6.45, 7) is 6.08. The summed E-state index contributed by atoms with van der Waals surface area (Å²) in [6, 6.07) is 7.25. The minimum atomic E-state index is -0.238. The Morgan fingerprint density at radius 2 is 2.00 bits per heavy atom. The van der Waals surface area contributed by atoms with E-state index in [1.165, 1.54) is 22.5 Å². The number of anilines is 1. The number of carbonyl (C=O) groups excluding carboxylic acids is 1. The van der Waals surface area contributed by atoms with Crippen molar-refractivity contribution < 1.29 is 4.79 Å². The molecule has 0 radical (unpaired) electrons. The Kier molecular flexibility index (Phi) is 5.68. The van der Waals surface area contributed by atoms with Crippen molar-refractivity contribution in [2.45, 2.75) is 46.6 Å². The van der Waals surface area contributed by atoms with E-state index in [1.807, 2.05) is 32.0 Å². The normalized spacial score (nSPS) is 10.6. The molecular weight excluding hydrogens is 290 g/mol. The quantitative estimate of drug-likeness (QED) is 0.892. The minimum absolute atomic E-state index is 0.0349. The second-order valence-electron chi connectivity index (χ2n) is 5.80. The summed E-state index contributed by atoms with van der Waals surface area (Å²) >= 11 is 0. The molecule has 0 aliphatic rings. The van der Waals surface area contributed by atoms with Gasteiger partial charge in [-0.3, -0.25) is 14.2 Å². The number of aromatic nitrogens is 2. The van der Waals surface area contributed by atoms with Crippen molar-refractivity contribution >= 4 is 11.6 Å². The van der Waals surface area contributed by atoms with Crippen molar-refractivity contribution in [1.82, 2.24) is 9.55 Å². The highest BCUT2D eigenvalue weighted by Crippen LogP contribution is 2.14. The summed E-state index contributed by atoms with van der Waals surface area (Å²) in [5, 5.41) is 2.81. The first-order valence-corrected chi connectivity index (χ1v) is 7.92. The zero-order valence-electron chi connectivity index (χ0n) is 13.9. The van der Waals surface area contributed by atoms with Gasteiger partial charge in [0.25, 0.3) is 5.56 Å². The number of aryl methyl sites for hydroxylation is 3. The first-order chi connectivity index (χ1) is 11.0. The Bertz CT molecular complexity index is 750. The third-order valence-electron chi connectivity index (χ3n) is 3.83. The molecular formula is C18H23N3O2. The molecule has 0 aliphatic carbocycles. The molecule has 0 aliphatic heterocycles. The first-order valence-electron chi connectivity index (χ1n) is 7.92. The molecule has 0 fully saturated rings. The van der Waals surface area contributed by atoms with E-state index < -0.39 is 0 Å². The lowest BCUT2D eigenvalue weighted by molar-refractivity contribution is -0.116. The van der Waals surface area contributed by atoms with Gasteiger partial charge in [-0.1, -0.05) is 19.4 Å². The van der Waals surface area contributed by atoms with Crippen LogP contribution in [0.15, 0.2) is 35.4 Å². The molecule has 2 aromatic rings. The number of hydrogen-bond donors (Lipinski definition) is 1. The molecule has 23 heavy (non-hydrogen) atoms. The van der Waals surface area contributed by atoms with Gasteiger partial charge < -0.3 is 5.32 Å². The zero-order chi connectivity index (χ0) is 16.8. The van der Waals surface area contributed by atoms with Gasteiger partial charge in [-0.05, 0) is 49.9 Å². The van der Waals surface area contributed by atoms with Gasteiger partial charge in [0.05, 0.1) is 6.33 Å². The van der Waals surface area contributed by atoms with Gasteiger partial charge in [0, 0.05) is 17.4 Å². The zero-order valence-corrected chi connectivity index (χ0v) is 13.9. The average molecular weight is 313 g/mol. The molecule has 2 rings (SSSR count). The van der Waals surface area contributed by atoms with Crippen LogP contribution in [0.5, 0.6) is 0 Å². The van der Waals surface area contributed by atoms with Crippen LogP contribution in [0.2, 0.25) is 0 Å². The van der Waals surface area contributed by atoms with E-state index in [1.54, 1.807) is 0 Å². The highest BCUT2D eigenvalue weighted by Gasteiger charge is 2.07. The Labute approximate surface area is 136 Å². The summed E-state index contributed by atoms with van der Waals surface area (Å²) < 4.78 is 1.33. The molecule has 0 saturated carbocycles. The Morgan fingerprint density at radius 1 is 1.22 bits per heavy atom. The van der Waals surface area contributed by atoms with Gasteiger partial charge in [0.1, 0.15) is 6.54 Å². The molecule has 122 valence electrons. The number of amides is 1. The van der Waals surface area contributed by atoms with Crippen molar-refractivity contribution in [3.05, 3.63) is 57.8 Å². The lowest BCUT2D eigenvalue weighted by Gasteiger charge is -2.09. The number of hydrogen-bond acceptors (Lipinski definition) is 3. The van der Waals surface area contributed by atoms with Crippen molar-refractivity contribution in [2.75, 3.05) is 5.32 Å². The average Bonchev–Trinajstić information content (AvgIpc) is 2.51. The smallest absolute Gasteiger partial charge is 0.253 e. The highest BCUT2D eigenvalue weighted by atomic mass is 16.2. The molecule has 1 aromatic heterocycles. The van der Waals surface area contributed by atoms with Crippen LogP contribution in [0.4, 0.5) is 5.69 Å². The fourth-order valence-electron chi connectivity index (χ4n) is 2.25. The van der Waals surface area contributed by atoms with E-state index >= 15 is 0 Å². The van der Waals surface area contributed by atoms with Crippen LogP contribution < -0.4 is 10.9 Å². The van der Waals surface area contributed by atoms with Gasteiger partial charge in [0.15, 0.2) is 0 Å². The predicted octanol–water partition coefficient (Wildman–Crippen LogP) is 2.84. The maximum atomic E-state index is 12.1. The molecule has 0 unspecified atom stereocenters. The molecule has 1 amide bonds. The van der Waals surface area contributed by atoms with Crippen LogP contribution in [-0.2, 0) is 17.8 Å².